The summed E-state index contributed by atoms with van der Waals surface area (Å²) >= 11 is 0. The van der Waals surface area contributed by atoms with Crippen LogP contribution < -0.4 is 20.3 Å². The van der Waals surface area contributed by atoms with Gasteiger partial charge in [0, 0.05) is 18.2 Å². The SMILES string of the molecule is COc1cccc(N2C(=O)Nc3ccccc3[C@@]2(O)C(=O)NCCC(C)C)c1. The molecule has 0 aliphatic carbocycles. The molecule has 7 nitrogen and oxygen atoms in total. The molecule has 0 spiro atoms. The molecule has 1 atom stereocenters. The van der Waals surface area contributed by atoms with Gasteiger partial charge in [0.15, 0.2) is 0 Å². The minimum Gasteiger partial charge on any atom is -0.497 e. The molecule has 0 saturated heterocycles. The zero-order valence-corrected chi connectivity index (χ0v) is 16.2. The number of para-hydroxylation sites is 1. The summed E-state index contributed by atoms with van der Waals surface area (Å²) in [5.74, 6) is 0.247. The molecule has 1 heterocycles. The number of amides is 3. The second-order valence-electron chi connectivity index (χ2n) is 7.12. The number of carbonyl (C=O) groups excluding carboxylic acids is 2. The highest BCUT2D eigenvalue weighted by molar-refractivity contribution is 6.11. The Morgan fingerprint density at radius 1 is 1.25 bits per heavy atom. The van der Waals surface area contributed by atoms with Crippen molar-refractivity contribution in [2.24, 2.45) is 5.92 Å². The fourth-order valence-electron chi connectivity index (χ4n) is 3.21. The van der Waals surface area contributed by atoms with Crippen molar-refractivity contribution in [3.8, 4) is 5.75 Å². The van der Waals surface area contributed by atoms with Crippen LogP contribution in [0.4, 0.5) is 16.2 Å². The summed E-state index contributed by atoms with van der Waals surface area (Å²) in [7, 11) is 1.51. The minimum atomic E-state index is -2.19. The van der Waals surface area contributed by atoms with Crippen LogP contribution >= 0.6 is 0 Å². The van der Waals surface area contributed by atoms with Crippen molar-refractivity contribution in [3.05, 3.63) is 54.1 Å². The minimum absolute atomic E-state index is 0.305. The van der Waals surface area contributed by atoms with Gasteiger partial charge in [0.25, 0.3) is 11.6 Å². The summed E-state index contributed by atoms with van der Waals surface area (Å²) in [6, 6.07) is 12.8. The molecule has 3 N–H and O–H groups in total. The van der Waals surface area contributed by atoms with Crippen LogP contribution in [0.5, 0.6) is 5.75 Å². The van der Waals surface area contributed by atoms with Gasteiger partial charge in [0.1, 0.15) is 5.75 Å². The molecule has 0 aromatic heterocycles. The van der Waals surface area contributed by atoms with Gasteiger partial charge in [-0.15, -0.1) is 0 Å². The van der Waals surface area contributed by atoms with E-state index in [0.29, 0.717) is 35.2 Å². The molecule has 1 aliphatic rings. The standard InChI is InChI=1S/C21H25N3O4/c1-14(2)11-12-22-19(25)21(27)17-9-4-5-10-18(17)23-20(26)24(21)15-7-6-8-16(13-15)28-3/h4-10,13-14,27H,11-12H2,1-3H3,(H,22,25)(H,23,26)/t21-/m1/s1. The number of nitrogens with zero attached hydrogens (tertiary/aromatic N) is 1. The quantitative estimate of drug-likeness (QED) is 0.715. The van der Waals surface area contributed by atoms with Gasteiger partial charge in [-0.05, 0) is 30.5 Å². The van der Waals surface area contributed by atoms with E-state index in [9.17, 15) is 14.7 Å². The predicted molar refractivity (Wildman–Crippen MR) is 107 cm³/mol. The number of urea groups is 1. The third-order valence-electron chi connectivity index (χ3n) is 4.71. The molecule has 1 aliphatic heterocycles. The van der Waals surface area contributed by atoms with Gasteiger partial charge >= 0.3 is 6.03 Å². The normalized spacial score (nSPS) is 18.5. The highest BCUT2D eigenvalue weighted by Gasteiger charge is 2.51. The van der Waals surface area contributed by atoms with Gasteiger partial charge in [-0.3, -0.25) is 9.69 Å². The molecular weight excluding hydrogens is 358 g/mol. The summed E-state index contributed by atoms with van der Waals surface area (Å²) < 4.78 is 5.23. The third kappa shape index (κ3) is 3.53. The van der Waals surface area contributed by atoms with Crippen molar-refractivity contribution in [1.82, 2.24) is 5.32 Å². The summed E-state index contributed by atoms with van der Waals surface area (Å²) in [5.41, 5.74) is -1.15. The number of anilines is 2. The van der Waals surface area contributed by atoms with Gasteiger partial charge in [0.05, 0.1) is 18.5 Å². The number of aliphatic hydroxyl groups is 1. The summed E-state index contributed by atoms with van der Waals surface area (Å²) in [6.07, 6.45) is 0.759. The number of hydrogen-bond donors (Lipinski definition) is 3. The first-order chi connectivity index (χ1) is 13.4. The molecule has 0 saturated carbocycles. The number of carbonyl (C=O) groups is 2. The summed E-state index contributed by atoms with van der Waals surface area (Å²) in [5, 5.41) is 17.1. The Kier molecular flexibility index (Phi) is 5.56. The number of fused-ring (bicyclic) bond motifs is 1. The molecule has 148 valence electrons. The maximum Gasteiger partial charge on any atom is 0.329 e. The lowest BCUT2D eigenvalue weighted by Gasteiger charge is -2.42. The smallest absolute Gasteiger partial charge is 0.329 e. The van der Waals surface area contributed by atoms with Crippen molar-refractivity contribution < 1.29 is 19.4 Å². The molecular formula is C21H25N3O4. The Morgan fingerprint density at radius 2 is 2.00 bits per heavy atom. The van der Waals surface area contributed by atoms with E-state index in [-0.39, 0.29) is 0 Å². The zero-order chi connectivity index (χ0) is 20.3. The Hall–Kier alpha value is -3.06. The number of ether oxygens (including phenoxy) is 1. The van der Waals surface area contributed by atoms with Gasteiger partial charge in [-0.25, -0.2) is 4.79 Å². The molecule has 7 heteroatoms. The number of methoxy groups -OCH3 is 1. The highest BCUT2D eigenvalue weighted by Crippen LogP contribution is 2.40. The van der Waals surface area contributed by atoms with Crippen LogP contribution in [0, 0.1) is 5.92 Å². The largest absolute Gasteiger partial charge is 0.497 e. The van der Waals surface area contributed by atoms with E-state index in [4.69, 9.17) is 4.74 Å². The molecule has 3 amide bonds. The van der Waals surface area contributed by atoms with Gasteiger partial charge in [-0.2, -0.15) is 0 Å². The first kappa shape index (κ1) is 19.7. The van der Waals surface area contributed by atoms with Crippen LogP contribution in [-0.4, -0.2) is 30.7 Å². The summed E-state index contributed by atoms with van der Waals surface area (Å²) in [4.78, 5) is 27.1. The highest BCUT2D eigenvalue weighted by atomic mass is 16.5. The van der Waals surface area contributed by atoms with Gasteiger partial charge < -0.3 is 20.5 Å². The maximum atomic E-state index is 13.1. The Bertz CT molecular complexity index is 883. The van der Waals surface area contributed by atoms with E-state index in [2.05, 4.69) is 10.6 Å². The molecule has 28 heavy (non-hydrogen) atoms. The second kappa shape index (κ2) is 7.90. The van der Waals surface area contributed by atoms with Gasteiger partial charge in [0.2, 0.25) is 0 Å². The molecule has 0 bridgehead atoms. The lowest BCUT2D eigenvalue weighted by molar-refractivity contribution is -0.140. The van der Waals surface area contributed by atoms with Crippen LogP contribution in [0.1, 0.15) is 25.8 Å². The molecule has 0 unspecified atom stereocenters. The zero-order valence-electron chi connectivity index (χ0n) is 16.2. The number of nitrogens with one attached hydrogen (secondary N) is 2. The van der Waals surface area contributed by atoms with Crippen molar-refractivity contribution >= 4 is 23.3 Å². The number of benzene rings is 2. The van der Waals surface area contributed by atoms with E-state index in [1.165, 1.54) is 7.11 Å². The summed E-state index contributed by atoms with van der Waals surface area (Å²) in [6.45, 7) is 4.49. The van der Waals surface area contributed by atoms with Crippen molar-refractivity contribution in [2.45, 2.75) is 26.0 Å². The molecule has 2 aromatic carbocycles. The molecule has 0 fully saturated rings. The topological polar surface area (TPSA) is 90.9 Å². The number of rotatable bonds is 6. The molecule has 0 radical (unpaired) electrons. The fourth-order valence-corrected chi connectivity index (χ4v) is 3.21. The first-order valence-corrected chi connectivity index (χ1v) is 9.23. The van der Waals surface area contributed by atoms with E-state index in [0.717, 1.165) is 11.3 Å². The Morgan fingerprint density at radius 3 is 2.71 bits per heavy atom. The molecule has 3 rings (SSSR count). The van der Waals surface area contributed by atoms with E-state index in [1.54, 1.807) is 48.5 Å². The van der Waals surface area contributed by atoms with E-state index in [1.807, 2.05) is 13.8 Å². The van der Waals surface area contributed by atoms with Crippen molar-refractivity contribution in [2.75, 3.05) is 23.9 Å². The molecule has 2 aromatic rings. The lowest BCUT2D eigenvalue weighted by Crippen LogP contribution is -2.62. The maximum absolute atomic E-state index is 13.1. The van der Waals surface area contributed by atoms with E-state index < -0.39 is 17.7 Å². The van der Waals surface area contributed by atoms with Crippen LogP contribution in [0.15, 0.2) is 48.5 Å². The fraction of sp³-hybridized carbons (Fsp3) is 0.333. The van der Waals surface area contributed by atoms with Crippen LogP contribution in [0.25, 0.3) is 0 Å². The predicted octanol–water partition coefficient (Wildman–Crippen LogP) is 3.05. The third-order valence-corrected chi connectivity index (χ3v) is 4.71. The first-order valence-electron chi connectivity index (χ1n) is 9.23. The van der Waals surface area contributed by atoms with E-state index >= 15 is 0 Å². The van der Waals surface area contributed by atoms with Crippen LogP contribution in [0.3, 0.4) is 0 Å². The van der Waals surface area contributed by atoms with Crippen molar-refractivity contribution in [3.63, 3.8) is 0 Å². The average molecular weight is 383 g/mol. The monoisotopic (exact) mass is 383 g/mol. The lowest BCUT2D eigenvalue weighted by atomic mass is 9.94. The average Bonchev–Trinajstić information content (AvgIpc) is 2.67. The Balaban J connectivity index is 2.08. The number of hydrogen-bond acceptors (Lipinski definition) is 4. The van der Waals surface area contributed by atoms with Crippen LogP contribution in [-0.2, 0) is 10.5 Å². The second-order valence-corrected chi connectivity index (χ2v) is 7.12. The van der Waals surface area contributed by atoms with Crippen molar-refractivity contribution in [1.29, 1.82) is 0 Å². The van der Waals surface area contributed by atoms with Gasteiger partial charge in [-0.1, -0.05) is 38.1 Å². The Labute approximate surface area is 164 Å². The van der Waals surface area contributed by atoms with Crippen LogP contribution in [0.2, 0.25) is 0 Å².